The van der Waals surface area contributed by atoms with Crippen LogP contribution in [0.4, 0.5) is 15.8 Å². The lowest BCUT2D eigenvalue weighted by atomic mass is 10.2. The Morgan fingerprint density at radius 3 is 2.52 bits per heavy atom. The second-order valence-electron chi connectivity index (χ2n) is 6.10. The Morgan fingerprint density at radius 1 is 1.31 bits per heavy atom. The lowest BCUT2D eigenvalue weighted by Crippen LogP contribution is -2.45. The molecule has 2 amide bonds. The summed E-state index contributed by atoms with van der Waals surface area (Å²) in [4.78, 5) is 31.0. The van der Waals surface area contributed by atoms with Gasteiger partial charge in [-0.2, -0.15) is 0 Å². The number of rotatable bonds is 4. The molecule has 0 aliphatic carbocycles. The van der Waals surface area contributed by atoms with Gasteiger partial charge in [-0.3, -0.25) is 14.5 Å². The number of carbonyl (C=O) groups excluding carboxylic acids is 2. The van der Waals surface area contributed by atoms with E-state index < -0.39 is 11.1 Å². The molecule has 1 aliphatic heterocycles. The third-order valence-corrected chi connectivity index (χ3v) is 5.85. The Balaban J connectivity index is 1.85. The molecule has 3 rings (SSSR count). The molecule has 0 bridgehead atoms. The SMILES string of the molecule is CCN1C(=O)CC(C(=O)Nc2ccc(F)cc2)SC1=Nc1cc(Cl)c(O)c(Cl)c1. The summed E-state index contributed by atoms with van der Waals surface area (Å²) in [5.41, 5.74) is 0.768. The number of hydrogen-bond donors (Lipinski definition) is 2. The van der Waals surface area contributed by atoms with Crippen molar-refractivity contribution in [1.29, 1.82) is 0 Å². The van der Waals surface area contributed by atoms with Crippen LogP contribution in [0.25, 0.3) is 0 Å². The largest absolute Gasteiger partial charge is 0.505 e. The van der Waals surface area contributed by atoms with Crippen molar-refractivity contribution in [1.82, 2.24) is 4.90 Å². The van der Waals surface area contributed by atoms with Crippen LogP contribution in [0.1, 0.15) is 13.3 Å². The molecule has 0 aromatic heterocycles. The molecular formula is C19H16Cl2FN3O3S. The summed E-state index contributed by atoms with van der Waals surface area (Å²) in [7, 11) is 0. The van der Waals surface area contributed by atoms with E-state index in [4.69, 9.17) is 23.2 Å². The standard InChI is InChI=1S/C19H16Cl2FN3O3S/c1-2-25-16(26)9-15(18(28)23-11-5-3-10(22)4-6-11)29-19(25)24-12-7-13(20)17(27)14(21)8-12/h3-8,15,27H,2,9H2,1H3,(H,23,28). The van der Waals surface area contributed by atoms with Gasteiger partial charge in [-0.05, 0) is 43.3 Å². The predicted molar refractivity (Wildman–Crippen MR) is 114 cm³/mol. The van der Waals surface area contributed by atoms with Crippen molar-refractivity contribution < 1.29 is 19.1 Å². The summed E-state index contributed by atoms with van der Waals surface area (Å²) in [6.07, 6.45) is 0.00163. The predicted octanol–water partition coefficient (Wildman–Crippen LogP) is 4.82. The van der Waals surface area contributed by atoms with Crippen molar-refractivity contribution in [3.8, 4) is 5.75 Å². The fraction of sp³-hybridized carbons (Fsp3) is 0.211. The number of hydrogen-bond acceptors (Lipinski definition) is 5. The first-order valence-electron chi connectivity index (χ1n) is 8.58. The number of anilines is 1. The molecule has 1 saturated heterocycles. The minimum absolute atomic E-state index is 0.00163. The fourth-order valence-corrected chi connectivity index (χ4v) is 4.27. The van der Waals surface area contributed by atoms with E-state index in [0.29, 0.717) is 23.1 Å². The van der Waals surface area contributed by atoms with Crippen LogP contribution in [0.2, 0.25) is 10.0 Å². The second kappa shape index (κ2) is 9.02. The Hall–Kier alpha value is -2.29. The zero-order valence-electron chi connectivity index (χ0n) is 15.2. The molecule has 2 N–H and O–H groups in total. The van der Waals surface area contributed by atoms with Gasteiger partial charge in [0.15, 0.2) is 10.9 Å². The zero-order valence-corrected chi connectivity index (χ0v) is 17.5. The monoisotopic (exact) mass is 455 g/mol. The summed E-state index contributed by atoms with van der Waals surface area (Å²) in [5.74, 6) is -1.31. The van der Waals surface area contributed by atoms with E-state index in [9.17, 15) is 19.1 Å². The molecule has 29 heavy (non-hydrogen) atoms. The maximum Gasteiger partial charge on any atom is 0.238 e. The first-order valence-corrected chi connectivity index (χ1v) is 10.2. The number of amidine groups is 1. The van der Waals surface area contributed by atoms with Crippen molar-refractivity contribution in [2.75, 3.05) is 11.9 Å². The minimum Gasteiger partial charge on any atom is -0.505 e. The number of phenols is 1. The average molecular weight is 456 g/mol. The highest BCUT2D eigenvalue weighted by Crippen LogP contribution is 2.37. The maximum absolute atomic E-state index is 13.0. The van der Waals surface area contributed by atoms with Crippen LogP contribution in [-0.2, 0) is 9.59 Å². The molecule has 1 unspecified atom stereocenters. The van der Waals surface area contributed by atoms with Gasteiger partial charge in [0.2, 0.25) is 11.8 Å². The van der Waals surface area contributed by atoms with Crippen molar-refractivity contribution in [3.05, 3.63) is 52.3 Å². The summed E-state index contributed by atoms with van der Waals surface area (Å²) in [6.45, 7) is 2.17. The minimum atomic E-state index is -0.711. The van der Waals surface area contributed by atoms with Crippen LogP contribution < -0.4 is 5.32 Å². The van der Waals surface area contributed by atoms with Gasteiger partial charge in [0.1, 0.15) is 11.1 Å². The van der Waals surface area contributed by atoms with Crippen LogP contribution in [0.3, 0.4) is 0 Å². The van der Waals surface area contributed by atoms with Gasteiger partial charge in [0.05, 0.1) is 15.7 Å². The fourth-order valence-electron chi connectivity index (χ4n) is 2.64. The first kappa shape index (κ1) is 21.4. The molecule has 1 atom stereocenters. The van der Waals surface area contributed by atoms with E-state index in [-0.39, 0.29) is 34.0 Å². The highest BCUT2D eigenvalue weighted by molar-refractivity contribution is 8.15. The molecular weight excluding hydrogens is 440 g/mol. The van der Waals surface area contributed by atoms with Crippen LogP contribution in [0.5, 0.6) is 5.75 Å². The van der Waals surface area contributed by atoms with Crippen LogP contribution in [-0.4, -0.2) is 38.8 Å². The Morgan fingerprint density at radius 2 is 1.93 bits per heavy atom. The molecule has 0 radical (unpaired) electrons. The van der Waals surface area contributed by atoms with Gasteiger partial charge in [-0.25, -0.2) is 9.38 Å². The molecule has 1 aliphatic rings. The van der Waals surface area contributed by atoms with Crippen LogP contribution in [0, 0.1) is 5.82 Å². The number of thioether (sulfide) groups is 1. The third kappa shape index (κ3) is 5.01. The molecule has 0 spiro atoms. The number of carbonyl (C=O) groups is 2. The molecule has 2 aromatic rings. The number of amides is 2. The summed E-state index contributed by atoms with van der Waals surface area (Å²) in [5, 5.41) is 12.0. The van der Waals surface area contributed by atoms with Crippen molar-refractivity contribution in [2.45, 2.75) is 18.6 Å². The van der Waals surface area contributed by atoms with E-state index >= 15 is 0 Å². The second-order valence-corrected chi connectivity index (χ2v) is 8.08. The maximum atomic E-state index is 13.0. The molecule has 6 nitrogen and oxygen atoms in total. The summed E-state index contributed by atoms with van der Waals surface area (Å²) < 4.78 is 13.0. The summed E-state index contributed by atoms with van der Waals surface area (Å²) in [6, 6.07) is 8.18. The Labute approximate surface area is 180 Å². The van der Waals surface area contributed by atoms with Crippen LogP contribution >= 0.6 is 35.0 Å². The van der Waals surface area contributed by atoms with Gasteiger partial charge in [0, 0.05) is 18.7 Å². The van der Waals surface area contributed by atoms with Gasteiger partial charge < -0.3 is 10.4 Å². The van der Waals surface area contributed by atoms with Crippen molar-refractivity contribution in [2.24, 2.45) is 4.99 Å². The van der Waals surface area contributed by atoms with Crippen molar-refractivity contribution >= 4 is 63.3 Å². The molecule has 1 heterocycles. The number of nitrogens with zero attached hydrogens (tertiary/aromatic N) is 2. The first-order chi connectivity index (χ1) is 13.8. The van der Waals surface area contributed by atoms with Crippen LogP contribution in [0.15, 0.2) is 41.4 Å². The quantitative estimate of drug-likeness (QED) is 0.692. The number of aliphatic imine (C=N–C) groups is 1. The molecule has 0 saturated carbocycles. The Kier molecular flexibility index (Phi) is 6.66. The number of phenolic OH excluding ortho intramolecular Hbond substituents is 1. The number of nitrogens with one attached hydrogen (secondary N) is 1. The van der Waals surface area contributed by atoms with E-state index in [1.165, 1.54) is 41.3 Å². The van der Waals surface area contributed by atoms with E-state index in [1.54, 1.807) is 6.92 Å². The topological polar surface area (TPSA) is 82.0 Å². The smallest absolute Gasteiger partial charge is 0.238 e. The highest BCUT2D eigenvalue weighted by atomic mass is 35.5. The number of halogens is 3. The van der Waals surface area contributed by atoms with Gasteiger partial charge in [0.25, 0.3) is 0 Å². The number of benzene rings is 2. The molecule has 2 aromatic carbocycles. The summed E-state index contributed by atoms with van der Waals surface area (Å²) >= 11 is 13.0. The van der Waals surface area contributed by atoms with E-state index in [0.717, 1.165) is 11.8 Å². The van der Waals surface area contributed by atoms with Gasteiger partial charge in [-0.15, -0.1) is 0 Å². The third-order valence-electron chi connectivity index (χ3n) is 4.09. The molecule has 10 heteroatoms. The van der Waals surface area contributed by atoms with E-state index in [2.05, 4.69) is 10.3 Å². The lowest BCUT2D eigenvalue weighted by Gasteiger charge is -2.31. The normalized spacial score (nSPS) is 18.2. The molecule has 1 fully saturated rings. The Bertz CT molecular complexity index is 962. The number of aromatic hydroxyl groups is 1. The average Bonchev–Trinajstić information content (AvgIpc) is 2.67. The van der Waals surface area contributed by atoms with E-state index in [1.807, 2.05) is 0 Å². The van der Waals surface area contributed by atoms with Crippen molar-refractivity contribution in [3.63, 3.8) is 0 Å². The zero-order chi connectivity index (χ0) is 21.1. The molecule has 152 valence electrons. The van der Waals surface area contributed by atoms with Gasteiger partial charge in [-0.1, -0.05) is 35.0 Å². The lowest BCUT2D eigenvalue weighted by molar-refractivity contribution is -0.129. The van der Waals surface area contributed by atoms with Gasteiger partial charge >= 0.3 is 0 Å². The highest BCUT2D eigenvalue weighted by Gasteiger charge is 2.35.